The smallest absolute Gasteiger partial charge is 0.330 e. The summed E-state index contributed by atoms with van der Waals surface area (Å²) in [4.78, 5) is 11.4. The molecule has 0 aromatic heterocycles. The number of esters is 1. The fourth-order valence-electron chi connectivity index (χ4n) is 2.51. The highest BCUT2D eigenvalue weighted by molar-refractivity contribution is 5.81. The Hall–Kier alpha value is -1.05. The standard InChI is InChI=1S/C19H34O2/c1-6-10-11-17(7-2)14-16(5)15-18(8-3)12-13-19(20)21-9-4/h12-14,17-18H,6-11,15H2,1-5H3/b13-12+,16-14+/t17-,18-/m0/s1. The van der Waals surface area contributed by atoms with E-state index < -0.39 is 0 Å². The van der Waals surface area contributed by atoms with Gasteiger partial charge in [-0.1, -0.05) is 51.3 Å². The lowest BCUT2D eigenvalue weighted by Gasteiger charge is -2.14. The van der Waals surface area contributed by atoms with E-state index in [0.29, 0.717) is 18.4 Å². The second-order valence-corrected chi connectivity index (χ2v) is 5.81. The lowest BCUT2D eigenvalue weighted by molar-refractivity contribution is -0.137. The molecule has 0 N–H and O–H groups in total. The Morgan fingerprint density at radius 2 is 1.76 bits per heavy atom. The number of ether oxygens (including phenoxy) is 1. The first kappa shape index (κ1) is 19.9. The van der Waals surface area contributed by atoms with Gasteiger partial charge in [0.2, 0.25) is 0 Å². The van der Waals surface area contributed by atoms with Crippen LogP contribution in [0.15, 0.2) is 23.8 Å². The Kier molecular flexibility index (Phi) is 12.0. The van der Waals surface area contributed by atoms with Crippen molar-refractivity contribution in [1.82, 2.24) is 0 Å². The maximum absolute atomic E-state index is 11.4. The monoisotopic (exact) mass is 294 g/mol. The van der Waals surface area contributed by atoms with Crippen LogP contribution in [0.1, 0.15) is 73.1 Å². The minimum Gasteiger partial charge on any atom is -0.463 e. The topological polar surface area (TPSA) is 26.3 Å². The molecule has 0 saturated heterocycles. The Morgan fingerprint density at radius 1 is 1.10 bits per heavy atom. The van der Waals surface area contributed by atoms with Gasteiger partial charge < -0.3 is 4.74 Å². The summed E-state index contributed by atoms with van der Waals surface area (Å²) in [5.74, 6) is 0.901. The molecule has 0 heterocycles. The van der Waals surface area contributed by atoms with Gasteiger partial charge in [-0.3, -0.25) is 0 Å². The molecule has 2 atom stereocenters. The van der Waals surface area contributed by atoms with Crippen molar-refractivity contribution in [2.75, 3.05) is 6.61 Å². The molecular weight excluding hydrogens is 260 g/mol. The molecule has 2 heteroatoms. The van der Waals surface area contributed by atoms with Gasteiger partial charge in [0.15, 0.2) is 0 Å². The molecule has 0 rings (SSSR count). The molecule has 2 nitrogen and oxygen atoms in total. The summed E-state index contributed by atoms with van der Waals surface area (Å²) in [6, 6.07) is 0. The fourth-order valence-corrected chi connectivity index (χ4v) is 2.51. The maximum atomic E-state index is 11.4. The van der Waals surface area contributed by atoms with Crippen LogP contribution in [-0.2, 0) is 9.53 Å². The molecule has 0 aromatic rings. The van der Waals surface area contributed by atoms with Crippen molar-refractivity contribution in [3.63, 3.8) is 0 Å². The normalized spacial score (nSPS) is 15.2. The summed E-state index contributed by atoms with van der Waals surface area (Å²) in [6.45, 7) is 11.2. The summed E-state index contributed by atoms with van der Waals surface area (Å²) in [6.07, 6.45) is 13.2. The van der Waals surface area contributed by atoms with E-state index in [4.69, 9.17) is 4.74 Å². The van der Waals surface area contributed by atoms with Gasteiger partial charge in [-0.05, 0) is 51.4 Å². The van der Waals surface area contributed by atoms with E-state index in [0.717, 1.165) is 12.8 Å². The number of allylic oxidation sites excluding steroid dienone is 3. The third-order valence-electron chi connectivity index (χ3n) is 3.87. The molecule has 0 aliphatic rings. The van der Waals surface area contributed by atoms with Crippen molar-refractivity contribution in [3.05, 3.63) is 23.8 Å². The second-order valence-electron chi connectivity index (χ2n) is 5.81. The molecule has 0 bridgehead atoms. The highest BCUT2D eigenvalue weighted by atomic mass is 16.5. The van der Waals surface area contributed by atoms with Crippen LogP contribution in [0.3, 0.4) is 0 Å². The molecule has 122 valence electrons. The van der Waals surface area contributed by atoms with Gasteiger partial charge in [-0.25, -0.2) is 4.79 Å². The van der Waals surface area contributed by atoms with E-state index in [1.165, 1.54) is 31.3 Å². The van der Waals surface area contributed by atoms with E-state index in [-0.39, 0.29) is 5.97 Å². The summed E-state index contributed by atoms with van der Waals surface area (Å²) >= 11 is 0. The molecular formula is C19H34O2. The number of carbonyl (C=O) groups is 1. The van der Waals surface area contributed by atoms with Crippen molar-refractivity contribution in [1.29, 1.82) is 0 Å². The number of carbonyl (C=O) groups excluding carboxylic acids is 1. The largest absolute Gasteiger partial charge is 0.463 e. The molecule has 0 saturated carbocycles. The van der Waals surface area contributed by atoms with Crippen LogP contribution in [0.4, 0.5) is 0 Å². The van der Waals surface area contributed by atoms with Crippen LogP contribution >= 0.6 is 0 Å². The fraction of sp³-hybridized carbons (Fsp3) is 0.737. The highest BCUT2D eigenvalue weighted by Gasteiger charge is 2.07. The molecule has 0 aliphatic carbocycles. The van der Waals surface area contributed by atoms with Gasteiger partial charge in [-0.15, -0.1) is 0 Å². The number of hydrogen-bond donors (Lipinski definition) is 0. The van der Waals surface area contributed by atoms with Crippen LogP contribution in [0.5, 0.6) is 0 Å². The summed E-state index contributed by atoms with van der Waals surface area (Å²) in [5, 5.41) is 0. The van der Waals surface area contributed by atoms with Crippen molar-refractivity contribution in [2.45, 2.75) is 73.1 Å². The Morgan fingerprint density at radius 3 is 2.29 bits per heavy atom. The number of rotatable bonds is 11. The SMILES string of the molecule is CCCC[C@@H](/C=C(\C)C[C@H](/C=C/C(=O)OCC)CC)CC. The van der Waals surface area contributed by atoms with Crippen LogP contribution in [-0.4, -0.2) is 12.6 Å². The van der Waals surface area contributed by atoms with Gasteiger partial charge >= 0.3 is 5.97 Å². The van der Waals surface area contributed by atoms with Gasteiger partial charge in [0.05, 0.1) is 6.61 Å². The second kappa shape index (κ2) is 12.7. The average Bonchev–Trinajstić information content (AvgIpc) is 2.47. The van der Waals surface area contributed by atoms with Gasteiger partial charge in [0.25, 0.3) is 0 Å². The van der Waals surface area contributed by atoms with E-state index in [9.17, 15) is 4.79 Å². The predicted octanol–water partition coefficient (Wildman–Crippen LogP) is 5.68. The molecule has 0 radical (unpaired) electrons. The Balaban J connectivity index is 4.47. The lowest BCUT2D eigenvalue weighted by Crippen LogP contribution is -2.03. The van der Waals surface area contributed by atoms with Gasteiger partial charge in [-0.2, -0.15) is 0 Å². The van der Waals surface area contributed by atoms with E-state index in [2.05, 4.69) is 33.8 Å². The van der Waals surface area contributed by atoms with Crippen LogP contribution in [0, 0.1) is 11.8 Å². The van der Waals surface area contributed by atoms with Crippen molar-refractivity contribution >= 4 is 5.97 Å². The summed E-state index contributed by atoms with van der Waals surface area (Å²) in [5.41, 5.74) is 1.44. The van der Waals surface area contributed by atoms with E-state index in [1.807, 2.05) is 13.0 Å². The molecule has 0 amide bonds. The first-order chi connectivity index (χ1) is 10.1. The zero-order chi connectivity index (χ0) is 16.1. The first-order valence-corrected chi connectivity index (χ1v) is 8.59. The molecule has 0 aliphatic heterocycles. The van der Waals surface area contributed by atoms with Gasteiger partial charge in [0.1, 0.15) is 0 Å². The van der Waals surface area contributed by atoms with Crippen molar-refractivity contribution in [3.8, 4) is 0 Å². The third-order valence-corrected chi connectivity index (χ3v) is 3.87. The van der Waals surface area contributed by atoms with Crippen molar-refractivity contribution in [2.24, 2.45) is 11.8 Å². The van der Waals surface area contributed by atoms with Crippen molar-refractivity contribution < 1.29 is 9.53 Å². The average molecular weight is 294 g/mol. The van der Waals surface area contributed by atoms with Crippen LogP contribution in [0.2, 0.25) is 0 Å². The maximum Gasteiger partial charge on any atom is 0.330 e. The molecule has 0 spiro atoms. The molecule has 0 aromatic carbocycles. The first-order valence-electron chi connectivity index (χ1n) is 8.59. The minimum absolute atomic E-state index is 0.230. The number of hydrogen-bond acceptors (Lipinski definition) is 2. The van der Waals surface area contributed by atoms with E-state index in [1.54, 1.807) is 6.08 Å². The Labute approximate surface area is 131 Å². The lowest BCUT2D eigenvalue weighted by atomic mass is 9.92. The zero-order valence-electron chi connectivity index (χ0n) is 14.7. The number of unbranched alkanes of at least 4 members (excludes halogenated alkanes) is 1. The Bertz CT molecular complexity index is 328. The minimum atomic E-state index is -0.230. The van der Waals surface area contributed by atoms with Gasteiger partial charge in [0, 0.05) is 6.08 Å². The molecule has 0 fully saturated rings. The summed E-state index contributed by atoms with van der Waals surface area (Å²) < 4.78 is 4.93. The predicted molar refractivity (Wildman–Crippen MR) is 91.2 cm³/mol. The van der Waals surface area contributed by atoms with Crippen LogP contribution < -0.4 is 0 Å². The molecule has 21 heavy (non-hydrogen) atoms. The quantitative estimate of drug-likeness (QED) is 0.278. The molecule has 0 unspecified atom stereocenters. The highest BCUT2D eigenvalue weighted by Crippen LogP contribution is 2.21. The third kappa shape index (κ3) is 10.3. The van der Waals surface area contributed by atoms with E-state index >= 15 is 0 Å². The zero-order valence-corrected chi connectivity index (χ0v) is 14.7. The van der Waals surface area contributed by atoms with Crippen LogP contribution in [0.25, 0.3) is 0 Å². The summed E-state index contributed by atoms with van der Waals surface area (Å²) in [7, 11) is 0.